The molecule has 0 unspecified atom stereocenters. The third-order valence-corrected chi connectivity index (χ3v) is 9.50. The van der Waals surface area contributed by atoms with Gasteiger partial charge in [0.2, 0.25) is 0 Å². The Bertz CT molecular complexity index is 2280. The highest BCUT2D eigenvalue weighted by atomic mass is 16.5. The average Bonchev–Trinajstić information content (AvgIpc) is 3.15. The zero-order valence-electron chi connectivity index (χ0n) is 29.3. The first-order chi connectivity index (χ1) is 24.3. The highest BCUT2D eigenvalue weighted by Gasteiger charge is 2.31. The van der Waals surface area contributed by atoms with Crippen molar-refractivity contribution in [3.8, 4) is 61.4 Å². The fraction of sp³-hybridized carbons (Fsp3) is 0.104. The minimum absolute atomic E-state index is 0.0424. The molecule has 0 spiro atoms. The number of aryl methyl sites for hydroxylation is 4. The van der Waals surface area contributed by atoms with Crippen molar-refractivity contribution in [2.45, 2.75) is 27.7 Å². The van der Waals surface area contributed by atoms with E-state index in [4.69, 9.17) is 4.74 Å². The van der Waals surface area contributed by atoms with Gasteiger partial charge in [0.25, 0.3) is 0 Å². The molecule has 244 valence electrons. The Hall–Kier alpha value is -5.99. The lowest BCUT2D eigenvalue weighted by molar-refractivity contribution is 0.104. The number of hydrogen-bond donors (Lipinski definition) is 0. The van der Waals surface area contributed by atoms with Crippen molar-refractivity contribution in [1.82, 2.24) is 0 Å². The molecule has 50 heavy (non-hydrogen) atoms. The largest absolute Gasteiger partial charge is 0.497 e. The van der Waals surface area contributed by atoms with Crippen LogP contribution in [0, 0.1) is 27.7 Å². The van der Waals surface area contributed by atoms with E-state index in [1.54, 1.807) is 7.11 Å². The molecule has 0 aliphatic heterocycles. The summed E-state index contributed by atoms with van der Waals surface area (Å²) < 4.78 is 5.49. The average molecular weight is 649 g/mol. The van der Waals surface area contributed by atoms with Crippen LogP contribution in [-0.4, -0.2) is 12.9 Å². The maximum absolute atomic E-state index is 15.4. The number of rotatable bonds is 8. The molecule has 0 radical (unpaired) electrons. The van der Waals surface area contributed by atoms with E-state index in [2.05, 4.69) is 149 Å². The summed E-state index contributed by atoms with van der Waals surface area (Å²) in [6.07, 6.45) is 0. The van der Waals surface area contributed by atoms with Crippen molar-refractivity contribution < 1.29 is 9.53 Å². The molecule has 2 heteroatoms. The fourth-order valence-electron chi connectivity index (χ4n) is 6.79. The summed E-state index contributed by atoms with van der Waals surface area (Å²) >= 11 is 0. The normalized spacial score (nSPS) is 11.0. The van der Waals surface area contributed by atoms with Crippen molar-refractivity contribution in [2.24, 2.45) is 0 Å². The van der Waals surface area contributed by atoms with Gasteiger partial charge in [-0.3, -0.25) is 4.79 Å². The quantitative estimate of drug-likeness (QED) is 0.153. The number of carbonyl (C=O) groups excluding carboxylic acids is 1. The van der Waals surface area contributed by atoms with Gasteiger partial charge in [0.15, 0.2) is 5.78 Å². The lowest BCUT2D eigenvalue weighted by Gasteiger charge is -2.28. The van der Waals surface area contributed by atoms with Gasteiger partial charge in [-0.2, -0.15) is 0 Å². The van der Waals surface area contributed by atoms with Gasteiger partial charge in [-0.1, -0.05) is 150 Å². The van der Waals surface area contributed by atoms with Crippen LogP contribution in [0.3, 0.4) is 0 Å². The highest BCUT2D eigenvalue weighted by molar-refractivity contribution is 6.23. The molecule has 0 aromatic heterocycles. The van der Waals surface area contributed by atoms with E-state index in [1.165, 1.54) is 16.7 Å². The fourth-order valence-corrected chi connectivity index (χ4v) is 6.79. The molecule has 0 saturated heterocycles. The summed E-state index contributed by atoms with van der Waals surface area (Å²) in [5, 5.41) is 0. The molecule has 0 aliphatic rings. The maximum Gasteiger partial charge on any atom is 0.194 e. The number of hydrogen-bond acceptors (Lipinski definition) is 2. The van der Waals surface area contributed by atoms with Crippen molar-refractivity contribution in [2.75, 3.05) is 7.11 Å². The van der Waals surface area contributed by atoms with E-state index >= 15 is 4.79 Å². The van der Waals surface area contributed by atoms with Crippen LogP contribution >= 0.6 is 0 Å². The summed E-state index contributed by atoms with van der Waals surface area (Å²) in [4.78, 5) is 15.4. The number of methoxy groups -OCH3 is 1. The molecule has 0 N–H and O–H groups in total. The standard InChI is InChI=1S/C48H40O2/c1-31-11-19-36(20-12-31)42-43(37-21-13-32(2)14-22-37)45(35-9-7-6-8-10-35)47(48(49)40-27-29-41(50-5)30-28-40)46(39-25-17-34(4)18-26-39)44(42)38-23-15-33(3)16-24-38/h6-30H,1-5H3. The Morgan fingerprint density at radius 3 is 1.06 bits per heavy atom. The van der Waals surface area contributed by atoms with E-state index < -0.39 is 0 Å². The van der Waals surface area contributed by atoms with Crippen LogP contribution in [0.15, 0.2) is 152 Å². The second kappa shape index (κ2) is 13.9. The van der Waals surface area contributed by atoms with Gasteiger partial charge < -0.3 is 4.74 Å². The number of benzene rings is 7. The smallest absolute Gasteiger partial charge is 0.194 e. The van der Waals surface area contributed by atoms with Crippen LogP contribution in [0.25, 0.3) is 55.6 Å². The molecule has 0 heterocycles. The van der Waals surface area contributed by atoms with Crippen LogP contribution in [0.5, 0.6) is 5.75 Å². The van der Waals surface area contributed by atoms with Crippen molar-refractivity contribution in [1.29, 1.82) is 0 Å². The zero-order chi connectivity index (χ0) is 34.8. The SMILES string of the molecule is COc1ccc(C(=O)c2c(-c3ccccc3)c(-c3ccc(C)cc3)c(-c3ccc(C)cc3)c(-c3ccc(C)cc3)c2-c2ccc(C)cc2)cc1. The Balaban J connectivity index is 1.77. The molecule has 0 fully saturated rings. The number of ketones is 1. The predicted molar refractivity (Wildman–Crippen MR) is 209 cm³/mol. The molecule has 0 amide bonds. The third kappa shape index (κ3) is 6.29. The van der Waals surface area contributed by atoms with E-state index in [1.807, 2.05) is 30.3 Å². The summed E-state index contributed by atoms with van der Waals surface area (Å²) in [7, 11) is 1.64. The van der Waals surface area contributed by atoms with Crippen LogP contribution < -0.4 is 4.74 Å². The topological polar surface area (TPSA) is 26.3 Å². The summed E-state index contributed by atoms with van der Waals surface area (Å²) in [6, 6.07) is 52.7. The third-order valence-electron chi connectivity index (χ3n) is 9.50. The van der Waals surface area contributed by atoms with Gasteiger partial charge >= 0.3 is 0 Å². The molecule has 0 saturated carbocycles. The molecule has 7 rings (SSSR count). The zero-order valence-corrected chi connectivity index (χ0v) is 29.3. The number of carbonyl (C=O) groups is 1. The van der Waals surface area contributed by atoms with E-state index in [0.717, 1.165) is 61.2 Å². The first-order valence-electron chi connectivity index (χ1n) is 17.1. The van der Waals surface area contributed by atoms with Crippen LogP contribution in [0.2, 0.25) is 0 Å². The predicted octanol–water partition coefficient (Wildman–Crippen LogP) is 12.5. The van der Waals surface area contributed by atoms with Gasteiger partial charge in [0, 0.05) is 22.3 Å². The summed E-state index contributed by atoms with van der Waals surface area (Å²) in [5.74, 6) is 0.665. The molecule has 0 bridgehead atoms. The lowest BCUT2D eigenvalue weighted by atomic mass is 9.74. The minimum atomic E-state index is -0.0424. The highest BCUT2D eigenvalue weighted by Crippen LogP contribution is 2.53. The Morgan fingerprint density at radius 2 is 0.700 bits per heavy atom. The molecule has 7 aromatic carbocycles. The summed E-state index contributed by atoms with van der Waals surface area (Å²) in [5.41, 5.74) is 16.1. The van der Waals surface area contributed by atoms with Crippen LogP contribution in [-0.2, 0) is 0 Å². The molecular weight excluding hydrogens is 609 g/mol. The van der Waals surface area contributed by atoms with Gasteiger partial charge in [-0.15, -0.1) is 0 Å². The Labute approximate surface area is 295 Å². The van der Waals surface area contributed by atoms with Gasteiger partial charge in [0.1, 0.15) is 5.75 Å². The molecule has 7 aromatic rings. The second-order valence-electron chi connectivity index (χ2n) is 13.1. The van der Waals surface area contributed by atoms with Gasteiger partial charge in [0.05, 0.1) is 7.11 Å². The molecule has 0 atom stereocenters. The van der Waals surface area contributed by atoms with Crippen molar-refractivity contribution in [3.63, 3.8) is 0 Å². The van der Waals surface area contributed by atoms with Crippen molar-refractivity contribution in [3.05, 3.63) is 185 Å². The van der Waals surface area contributed by atoms with E-state index in [0.29, 0.717) is 16.9 Å². The monoisotopic (exact) mass is 648 g/mol. The molecular formula is C48H40O2. The van der Waals surface area contributed by atoms with Crippen LogP contribution in [0.1, 0.15) is 38.2 Å². The van der Waals surface area contributed by atoms with Gasteiger partial charge in [-0.05, 0) is 96.5 Å². The number of ether oxygens (including phenoxy) is 1. The second-order valence-corrected chi connectivity index (χ2v) is 13.1. The maximum atomic E-state index is 15.4. The van der Waals surface area contributed by atoms with Crippen molar-refractivity contribution >= 4 is 5.78 Å². The first-order valence-corrected chi connectivity index (χ1v) is 17.1. The van der Waals surface area contributed by atoms with Gasteiger partial charge in [-0.25, -0.2) is 0 Å². The van der Waals surface area contributed by atoms with Crippen LogP contribution in [0.4, 0.5) is 0 Å². The van der Waals surface area contributed by atoms with E-state index in [-0.39, 0.29) is 5.78 Å². The Kier molecular flexibility index (Phi) is 9.02. The van der Waals surface area contributed by atoms with E-state index in [9.17, 15) is 0 Å². The first kappa shape index (κ1) is 32.6. The molecule has 0 aliphatic carbocycles. The minimum Gasteiger partial charge on any atom is -0.497 e. The molecule has 2 nitrogen and oxygen atoms in total. The summed E-state index contributed by atoms with van der Waals surface area (Å²) in [6.45, 7) is 8.44. The lowest BCUT2D eigenvalue weighted by Crippen LogP contribution is -2.11. The Morgan fingerprint density at radius 1 is 0.380 bits per heavy atom.